The first-order valence-electron chi connectivity index (χ1n) is 8.14. The number of rotatable bonds is 5. The molecule has 27 heavy (non-hydrogen) atoms. The maximum Gasteiger partial charge on any atom is 0.416 e. The zero-order valence-electron chi connectivity index (χ0n) is 14.1. The van der Waals surface area contributed by atoms with Gasteiger partial charge in [-0.25, -0.2) is 8.42 Å². The number of ketones is 1. The fourth-order valence-corrected chi connectivity index (χ4v) is 4.30. The summed E-state index contributed by atoms with van der Waals surface area (Å²) >= 11 is 0. The number of nitrogens with zero attached hydrogens (tertiary/aromatic N) is 2. The first kappa shape index (κ1) is 19.6. The highest BCUT2D eigenvalue weighted by atomic mass is 32.2. The van der Waals surface area contributed by atoms with Crippen LogP contribution < -0.4 is 0 Å². The van der Waals surface area contributed by atoms with E-state index in [4.69, 9.17) is 4.42 Å². The number of halogens is 3. The van der Waals surface area contributed by atoms with Gasteiger partial charge in [0.25, 0.3) is 0 Å². The average molecular weight is 402 g/mol. The first-order chi connectivity index (χ1) is 12.7. The third-order valence-corrected chi connectivity index (χ3v) is 6.19. The van der Waals surface area contributed by atoms with Crippen LogP contribution >= 0.6 is 0 Å². The van der Waals surface area contributed by atoms with Gasteiger partial charge in [-0.3, -0.25) is 9.69 Å². The predicted molar refractivity (Wildman–Crippen MR) is 89.7 cm³/mol. The molecule has 3 rings (SSSR count). The van der Waals surface area contributed by atoms with E-state index in [1.165, 1.54) is 6.26 Å². The van der Waals surface area contributed by atoms with Crippen molar-refractivity contribution in [2.45, 2.75) is 11.1 Å². The van der Waals surface area contributed by atoms with Gasteiger partial charge in [-0.2, -0.15) is 17.5 Å². The molecule has 1 aromatic heterocycles. The average Bonchev–Trinajstić information content (AvgIpc) is 3.16. The molecule has 0 aliphatic carbocycles. The number of hydrogen-bond donors (Lipinski definition) is 0. The van der Waals surface area contributed by atoms with Gasteiger partial charge in [0.05, 0.1) is 23.3 Å². The van der Waals surface area contributed by atoms with E-state index in [2.05, 4.69) is 0 Å². The molecule has 10 heteroatoms. The zero-order chi connectivity index (χ0) is 19.7. The molecule has 0 N–H and O–H groups in total. The van der Waals surface area contributed by atoms with E-state index >= 15 is 0 Å². The minimum Gasteiger partial charge on any atom is -0.461 e. The van der Waals surface area contributed by atoms with Gasteiger partial charge < -0.3 is 4.42 Å². The van der Waals surface area contributed by atoms with Crippen LogP contribution in [0, 0.1) is 0 Å². The van der Waals surface area contributed by atoms with Crippen molar-refractivity contribution in [1.29, 1.82) is 0 Å². The molecule has 0 unspecified atom stereocenters. The Labute approximate surface area is 154 Å². The Morgan fingerprint density at radius 1 is 1.07 bits per heavy atom. The van der Waals surface area contributed by atoms with Crippen LogP contribution in [0.3, 0.4) is 0 Å². The topological polar surface area (TPSA) is 70.8 Å². The van der Waals surface area contributed by atoms with Crippen molar-refractivity contribution in [2.24, 2.45) is 0 Å². The summed E-state index contributed by atoms with van der Waals surface area (Å²) in [5.74, 6) is 0.0169. The number of carbonyl (C=O) groups is 1. The van der Waals surface area contributed by atoms with Crippen LogP contribution in [0.4, 0.5) is 13.2 Å². The second kappa shape index (κ2) is 7.45. The fraction of sp³-hybridized carbons (Fsp3) is 0.353. The van der Waals surface area contributed by atoms with E-state index < -0.39 is 26.7 Å². The minimum atomic E-state index is -4.61. The molecule has 2 aromatic rings. The van der Waals surface area contributed by atoms with Gasteiger partial charge in [-0.1, -0.05) is 6.07 Å². The highest BCUT2D eigenvalue weighted by molar-refractivity contribution is 7.89. The summed E-state index contributed by atoms with van der Waals surface area (Å²) in [6, 6.07) is 6.86. The number of piperazine rings is 1. The number of furan rings is 1. The Balaban J connectivity index is 1.66. The lowest BCUT2D eigenvalue weighted by Crippen LogP contribution is -2.49. The summed E-state index contributed by atoms with van der Waals surface area (Å²) in [5, 5.41) is 0. The maximum absolute atomic E-state index is 12.8. The van der Waals surface area contributed by atoms with Crippen molar-refractivity contribution in [3.63, 3.8) is 0 Å². The van der Waals surface area contributed by atoms with Crippen molar-refractivity contribution in [2.75, 3.05) is 32.7 Å². The highest BCUT2D eigenvalue weighted by Gasteiger charge is 2.34. The highest BCUT2D eigenvalue weighted by Crippen LogP contribution is 2.31. The first-order valence-corrected chi connectivity index (χ1v) is 9.58. The summed E-state index contributed by atoms with van der Waals surface area (Å²) in [5.41, 5.74) is -1.01. The number of Topliss-reactive ketones (excluding diaryl/α,β-unsaturated/α-hetero) is 1. The SMILES string of the molecule is O=C(CN1CCN(S(=O)(=O)c2cccc(C(F)(F)F)c2)CC1)c1ccco1. The molecular formula is C17H17F3N2O4S. The predicted octanol–water partition coefficient (Wildman–Crippen LogP) is 2.49. The second-order valence-electron chi connectivity index (χ2n) is 6.11. The van der Waals surface area contributed by atoms with Gasteiger partial charge in [0.15, 0.2) is 5.76 Å². The fourth-order valence-electron chi connectivity index (χ4n) is 2.83. The maximum atomic E-state index is 12.8. The lowest BCUT2D eigenvalue weighted by atomic mass is 10.2. The van der Waals surface area contributed by atoms with E-state index in [-0.39, 0.29) is 31.2 Å². The standard InChI is InChI=1S/C17H17F3N2O4S/c18-17(19,20)13-3-1-4-14(11-13)27(24,25)22-8-6-21(7-9-22)12-15(23)16-5-2-10-26-16/h1-5,10-11H,6-9,12H2. The summed E-state index contributed by atoms with van der Waals surface area (Å²) in [6.07, 6.45) is -3.22. The van der Waals surface area contributed by atoms with Crippen LogP contribution in [-0.4, -0.2) is 56.1 Å². The van der Waals surface area contributed by atoms with Gasteiger partial charge in [0.2, 0.25) is 15.8 Å². The van der Waals surface area contributed by atoms with E-state index in [0.717, 1.165) is 22.5 Å². The van der Waals surface area contributed by atoms with E-state index in [9.17, 15) is 26.4 Å². The molecular weight excluding hydrogens is 385 g/mol. The van der Waals surface area contributed by atoms with Crippen molar-refractivity contribution in [1.82, 2.24) is 9.21 Å². The number of alkyl halides is 3. The molecule has 1 aliphatic heterocycles. The monoisotopic (exact) mass is 402 g/mol. The van der Waals surface area contributed by atoms with Crippen molar-refractivity contribution in [3.8, 4) is 0 Å². The molecule has 0 radical (unpaired) electrons. The number of sulfonamides is 1. The summed E-state index contributed by atoms with van der Waals surface area (Å²) in [4.78, 5) is 13.4. The molecule has 6 nitrogen and oxygen atoms in total. The molecule has 1 saturated heterocycles. The van der Waals surface area contributed by atoms with Gasteiger partial charge in [0, 0.05) is 26.2 Å². The third kappa shape index (κ3) is 4.40. The summed E-state index contributed by atoms with van der Waals surface area (Å²) in [6.45, 7) is 0.855. The van der Waals surface area contributed by atoms with Crippen LogP contribution in [0.25, 0.3) is 0 Å². The Hall–Kier alpha value is -2.17. The number of benzene rings is 1. The molecule has 0 amide bonds. The van der Waals surface area contributed by atoms with Crippen LogP contribution in [0.5, 0.6) is 0 Å². The second-order valence-corrected chi connectivity index (χ2v) is 8.04. The van der Waals surface area contributed by atoms with Crippen LogP contribution in [0.1, 0.15) is 16.1 Å². The van der Waals surface area contributed by atoms with Crippen LogP contribution in [0.2, 0.25) is 0 Å². The molecule has 0 atom stereocenters. The lowest BCUT2D eigenvalue weighted by molar-refractivity contribution is -0.137. The largest absolute Gasteiger partial charge is 0.461 e. The molecule has 0 spiro atoms. The van der Waals surface area contributed by atoms with Crippen LogP contribution in [0.15, 0.2) is 52.0 Å². The molecule has 0 bridgehead atoms. The summed E-state index contributed by atoms with van der Waals surface area (Å²) < 4.78 is 69.9. The van der Waals surface area contributed by atoms with E-state index in [1.54, 1.807) is 17.0 Å². The zero-order valence-corrected chi connectivity index (χ0v) is 15.0. The normalized spacial score (nSPS) is 17.1. The Morgan fingerprint density at radius 2 is 1.78 bits per heavy atom. The van der Waals surface area contributed by atoms with Crippen molar-refractivity contribution >= 4 is 15.8 Å². The minimum absolute atomic E-state index is 0.0873. The molecule has 0 saturated carbocycles. The van der Waals surface area contributed by atoms with Crippen molar-refractivity contribution < 1.29 is 30.8 Å². The third-order valence-electron chi connectivity index (χ3n) is 4.29. The Morgan fingerprint density at radius 3 is 2.37 bits per heavy atom. The molecule has 1 aromatic carbocycles. The van der Waals surface area contributed by atoms with Gasteiger partial charge in [-0.15, -0.1) is 0 Å². The van der Waals surface area contributed by atoms with Crippen molar-refractivity contribution in [3.05, 3.63) is 54.0 Å². The summed E-state index contributed by atoms with van der Waals surface area (Å²) in [7, 11) is -4.04. The van der Waals surface area contributed by atoms with Gasteiger partial charge in [-0.05, 0) is 30.3 Å². The van der Waals surface area contributed by atoms with Crippen LogP contribution in [-0.2, 0) is 16.2 Å². The lowest BCUT2D eigenvalue weighted by Gasteiger charge is -2.33. The quantitative estimate of drug-likeness (QED) is 0.719. The molecule has 146 valence electrons. The van der Waals surface area contributed by atoms with Gasteiger partial charge >= 0.3 is 6.18 Å². The number of carbonyl (C=O) groups excluding carboxylic acids is 1. The Kier molecular flexibility index (Phi) is 5.41. The molecule has 2 heterocycles. The molecule has 1 fully saturated rings. The molecule has 1 aliphatic rings. The van der Waals surface area contributed by atoms with Gasteiger partial charge in [0.1, 0.15) is 0 Å². The smallest absolute Gasteiger partial charge is 0.416 e. The van der Waals surface area contributed by atoms with E-state index in [0.29, 0.717) is 19.2 Å². The van der Waals surface area contributed by atoms with E-state index in [1.807, 2.05) is 0 Å². The Bertz CT molecular complexity index is 903. The number of hydrogen-bond acceptors (Lipinski definition) is 5.